The number of ether oxygens (including phenoxy) is 2. The van der Waals surface area contributed by atoms with Crippen molar-refractivity contribution in [3.8, 4) is 0 Å². The minimum atomic E-state index is -1.80. The zero-order chi connectivity index (χ0) is 18.1. The third-order valence-corrected chi connectivity index (χ3v) is 7.93. The number of hydrogen-bond donors (Lipinski definition) is 1. The zero-order valence-corrected chi connectivity index (χ0v) is 15.7. The zero-order valence-electron chi connectivity index (χ0n) is 14.1. The second-order valence-corrected chi connectivity index (χ2v) is 9.32. The van der Waals surface area contributed by atoms with Crippen molar-refractivity contribution in [1.29, 1.82) is 0 Å². The number of carbonyl (C=O) groups is 1. The molecule has 5 heterocycles. The first-order valence-corrected chi connectivity index (χ1v) is 10.4. The number of hydroxylamine groups is 3. The summed E-state index contributed by atoms with van der Waals surface area (Å²) in [4.78, 5) is 14.1. The SMILES string of the molecule is C[N+]1([O-])[C@@H]2CC(OC(=O)C(O)(c3cccs3)c3cccs3)C[C@H]1[C@@H]1O[C@@H]12. The van der Waals surface area contributed by atoms with Gasteiger partial charge in [-0.1, -0.05) is 12.1 Å². The van der Waals surface area contributed by atoms with Crippen LogP contribution in [0.1, 0.15) is 22.6 Å². The van der Waals surface area contributed by atoms with E-state index in [4.69, 9.17) is 9.47 Å². The van der Waals surface area contributed by atoms with Crippen LogP contribution in [-0.4, -0.2) is 53.2 Å². The van der Waals surface area contributed by atoms with Crippen LogP contribution in [0.25, 0.3) is 0 Å². The van der Waals surface area contributed by atoms with Gasteiger partial charge in [-0.05, 0) is 22.9 Å². The minimum absolute atomic E-state index is 0.000298. The van der Waals surface area contributed by atoms with Crippen molar-refractivity contribution in [2.75, 3.05) is 7.05 Å². The van der Waals surface area contributed by atoms with Crippen LogP contribution >= 0.6 is 22.7 Å². The van der Waals surface area contributed by atoms with E-state index >= 15 is 0 Å². The Kier molecular flexibility index (Phi) is 3.63. The second kappa shape index (κ2) is 5.60. The van der Waals surface area contributed by atoms with Gasteiger partial charge in [0.2, 0.25) is 5.60 Å². The number of fused-ring (bicyclic) bond motifs is 5. The molecule has 2 bridgehead atoms. The number of thiophene rings is 2. The molecule has 2 unspecified atom stereocenters. The fourth-order valence-electron chi connectivity index (χ4n) is 4.53. The molecule has 6 atom stereocenters. The fraction of sp³-hybridized carbons (Fsp3) is 0.500. The molecule has 5 rings (SSSR count). The average molecular weight is 393 g/mol. The van der Waals surface area contributed by atoms with Crippen molar-refractivity contribution in [2.24, 2.45) is 0 Å². The van der Waals surface area contributed by atoms with E-state index in [1.165, 1.54) is 22.7 Å². The van der Waals surface area contributed by atoms with Crippen LogP contribution in [0.2, 0.25) is 0 Å². The number of epoxide rings is 1. The Balaban J connectivity index is 1.40. The Bertz CT molecular complexity index is 765. The second-order valence-electron chi connectivity index (χ2n) is 7.42. The molecule has 3 aliphatic rings. The molecule has 3 saturated heterocycles. The number of hydrogen-bond acceptors (Lipinski definition) is 7. The maximum absolute atomic E-state index is 13.0. The van der Waals surface area contributed by atoms with Gasteiger partial charge in [-0.15, -0.1) is 22.7 Å². The summed E-state index contributed by atoms with van der Waals surface area (Å²) >= 11 is 2.64. The number of nitrogens with zero attached hydrogens (tertiary/aromatic N) is 1. The van der Waals surface area contributed by atoms with E-state index in [1.807, 2.05) is 10.8 Å². The highest BCUT2D eigenvalue weighted by Crippen LogP contribution is 2.52. The summed E-state index contributed by atoms with van der Waals surface area (Å²) in [6.45, 7) is 0. The number of quaternary nitrogens is 1. The van der Waals surface area contributed by atoms with Gasteiger partial charge in [0.1, 0.15) is 30.4 Å². The summed E-state index contributed by atoms with van der Waals surface area (Å²) in [7, 11) is 1.69. The van der Waals surface area contributed by atoms with Crippen molar-refractivity contribution in [2.45, 2.75) is 48.8 Å². The molecule has 0 radical (unpaired) electrons. The van der Waals surface area contributed by atoms with Gasteiger partial charge in [0, 0.05) is 12.8 Å². The number of likely N-dealkylation sites (N-methyl/N-ethyl adjacent to an activating group) is 1. The lowest BCUT2D eigenvalue weighted by atomic mass is 9.97. The van der Waals surface area contributed by atoms with Gasteiger partial charge in [0.15, 0.2) is 0 Å². The van der Waals surface area contributed by atoms with Crippen LogP contribution in [0, 0.1) is 5.21 Å². The molecule has 2 aromatic rings. The Morgan fingerprint density at radius 3 is 2.23 bits per heavy atom. The van der Waals surface area contributed by atoms with Gasteiger partial charge in [0.05, 0.1) is 16.8 Å². The summed E-state index contributed by atoms with van der Waals surface area (Å²) in [5.41, 5.74) is -1.80. The maximum Gasteiger partial charge on any atom is 0.349 e. The number of esters is 1. The summed E-state index contributed by atoms with van der Waals surface area (Å²) in [6.07, 6.45) is 0.600. The molecule has 6 nitrogen and oxygen atoms in total. The molecule has 2 aromatic heterocycles. The molecule has 1 N–H and O–H groups in total. The largest absolute Gasteiger partial charge is 0.632 e. The van der Waals surface area contributed by atoms with E-state index in [2.05, 4.69) is 0 Å². The van der Waals surface area contributed by atoms with Crippen LogP contribution < -0.4 is 0 Å². The molecule has 0 aliphatic carbocycles. The van der Waals surface area contributed by atoms with Crippen molar-refractivity contribution in [3.05, 3.63) is 50.0 Å². The van der Waals surface area contributed by atoms with Crippen molar-refractivity contribution in [3.63, 3.8) is 0 Å². The first-order chi connectivity index (χ1) is 12.4. The average Bonchev–Trinajstić information content (AvgIpc) is 2.98. The van der Waals surface area contributed by atoms with E-state index in [-0.39, 0.29) is 35.0 Å². The van der Waals surface area contributed by atoms with E-state index < -0.39 is 11.6 Å². The number of piperidine rings is 1. The van der Waals surface area contributed by atoms with Crippen LogP contribution in [0.15, 0.2) is 35.0 Å². The topological polar surface area (TPSA) is 82.1 Å². The lowest BCUT2D eigenvalue weighted by Gasteiger charge is -2.51. The number of rotatable bonds is 4. The van der Waals surface area contributed by atoms with Crippen LogP contribution in [0.5, 0.6) is 0 Å². The van der Waals surface area contributed by atoms with Crippen LogP contribution in [0.3, 0.4) is 0 Å². The van der Waals surface area contributed by atoms with Gasteiger partial charge < -0.3 is 24.4 Å². The van der Waals surface area contributed by atoms with E-state index in [0.29, 0.717) is 22.6 Å². The molecule has 3 fully saturated rings. The standard InChI is InChI=1S/C18H19NO5S2/c1-19(22)11-8-10(9-12(19)16-15(11)24-16)23-17(20)18(21,13-4-2-6-25-13)14-5-3-7-26-14/h2-7,10-12,15-16,21H,8-9H2,1H3/t10?,11-,12+,15-,16+,19?. The maximum atomic E-state index is 13.0. The van der Waals surface area contributed by atoms with Gasteiger partial charge in [0.25, 0.3) is 0 Å². The van der Waals surface area contributed by atoms with Crippen molar-refractivity contribution < 1.29 is 24.0 Å². The Labute approximate surface area is 158 Å². The molecular formula is C18H19NO5S2. The van der Waals surface area contributed by atoms with E-state index in [1.54, 1.807) is 31.3 Å². The lowest BCUT2D eigenvalue weighted by Crippen LogP contribution is -2.59. The highest BCUT2D eigenvalue weighted by molar-refractivity contribution is 7.12. The molecule has 3 aliphatic heterocycles. The Hall–Kier alpha value is -1.29. The van der Waals surface area contributed by atoms with Crippen LogP contribution in [0.4, 0.5) is 0 Å². The van der Waals surface area contributed by atoms with E-state index in [9.17, 15) is 15.1 Å². The highest BCUT2D eigenvalue weighted by Gasteiger charge is 2.69. The molecule has 0 aromatic carbocycles. The first-order valence-electron chi connectivity index (χ1n) is 8.66. The normalized spacial score (nSPS) is 38.0. The fourth-order valence-corrected chi connectivity index (χ4v) is 6.24. The summed E-state index contributed by atoms with van der Waals surface area (Å²) < 4.78 is 11.1. The molecule has 0 saturated carbocycles. The number of carbonyl (C=O) groups excluding carboxylic acids is 1. The number of aliphatic hydroxyl groups is 1. The molecule has 8 heteroatoms. The molecule has 138 valence electrons. The Morgan fingerprint density at radius 1 is 1.23 bits per heavy atom. The lowest BCUT2D eigenvalue weighted by molar-refractivity contribution is -0.911. The third-order valence-electron chi connectivity index (χ3n) is 5.97. The first kappa shape index (κ1) is 16.9. The molecular weight excluding hydrogens is 374 g/mol. The van der Waals surface area contributed by atoms with Gasteiger partial charge in [-0.2, -0.15) is 0 Å². The smallest absolute Gasteiger partial charge is 0.349 e. The molecule has 26 heavy (non-hydrogen) atoms. The quantitative estimate of drug-likeness (QED) is 0.373. The van der Waals surface area contributed by atoms with E-state index in [0.717, 1.165) is 0 Å². The van der Waals surface area contributed by atoms with Crippen LogP contribution in [-0.2, 0) is 19.9 Å². The minimum Gasteiger partial charge on any atom is -0.632 e. The summed E-state index contributed by atoms with van der Waals surface area (Å²) in [6, 6.07) is 6.71. The highest BCUT2D eigenvalue weighted by atomic mass is 32.1. The Morgan fingerprint density at radius 2 is 1.77 bits per heavy atom. The molecule has 0 amide bonds. The monoisotopic (exact) mass is 393 g/mol. The van der Waals surface area contributed by atoms with Crippen molar-refractivity contribution in [1.82, 2.24) is 0 Å². The third kappa shape index (κ3) is 2.27. The number of morpholine rings is 1. The van der Waals surface area contributed by atoms with Gasteiger partial charge >= 0.3 is 5.97 Å². The van der Waals surface area contributed by atoms with Gasteiger partial charge in [-0.3, -0.25) is 0 Å². The predicted octanol–water partition coefficient (Wildman–Crippen LogP) is 2.21. The predicted molar refractivity (Wildman–Crippen MR) is 96.5 cm³/mol. The van der Waals surface area contributed by atoms with Crippen molar-refractivity contribution >= 4 is 28.6 Å². The van der Waals surface area contributed by atoms with Gasteiger partial charge in [-0.25, -0.2) is 4.79 Å². The summed E-state index contributed by atoms with van der Waals surface area (Å²) in [5, 5.41) is 27.7. The molecule has 0 spiro atoms. The summed E-state index contributed by atoms with van der Waals surface area (Å²) in [5.74, 6) is -0.664.